The number of aromatic nitrogens is 2. The van der Waals surface area contributed by atoms with Gasteiger partial charge in [-0.25, -0.2) is 9.97 Å². The number of rotatable bonds is 9. The quantitative estimate of drug-likeness (QED) is 0.451. The highest BCUT2D eigenvalue weighted by molar-refractivity contribution is 7.85. The first-order valence-electron chi connectivity index (χ1n) is 14.0. The van der Waals surface area contributed by atoms with Crippen molar-refractivity contribution in [3.05, 3.63) is 52.4 Å². The molecule has 2 fully saturated rings. The molecule has 2 atom stereocenters. The minimum atomic E-state index is -4.11. The maximum Gasteiger partial charge on any atom is 0.266 e. The molecule has 212 valence electrons. The molecule has 0 spiro atoms. The molecule has 2 aliphatic carbocycles. The van der Waals surface area contributed by atoms with Crippen molar-refractivity contribution in [2.24, 2.45) is 0 Å². The van der Waals surface area contributed by atoms with Crippen molar-refractivity contribution in [2.75, 3.05) is 49.9 Å². The van der Waals surface area contributed by atoms with Crippen LogP contribution in [0.4, 0.5) is 5.82 Å². The summed E-state index contributed by atoms with van der Waals surface area (Å²) >= 11 is 6.16. The molecule has 1 aliphatic heterocycles. The number of anilines is 1. The second-order valence-corrected chi connectivity index (χ2v) is 13.1. The van der Waals surface area contributed by atoms with E-state index in [1.165, 1.54) is 5.56 Å². The maximum atomic E-state index is 14.1. The molecule has 2 aromatic rings. The minimum absolute atomic E-state index is 0.0353. The van der Waals surface area contributed by atoms with Gasteiger partial charge in [-0.3, -0.25) is 14.2 Å². The summed E-state index contributed by atoms with van der Waals surface area (Å²) in [6, 6.07) is 7.58. The third kappa shape index (κ3) is 6.73. The molecule has 3 aliphatic rings. The third-order valence-electron chi connectivity index (χ3n) is 8.61. The molecule has 2 heterocycles. The lowest BCUT2D eigenvalue weighted by Crippen LogP contribution is -2.52. The van der Waals surface area contributed by atoms with E-state index < -0.39 is 16.0 Å². The first-order valence-corrected chi connectivity index (χ1v) is 16.0. The predicted molar refractivity (Wildman–Crippen MR) is 152 cm³/mol. The van der Waals surface area contributed by atoms with Gasteiger partial charge in [0.2, 0.25) is 5.91 Å². The van der Waals surface area contributed by atoms with Gasteiger partial charge in [-0.2, -0.15) is 8.42 Å². The number of carbonyl (C=O) groups excluding carboxylic acids is 1. The fourth-order valence-corrected chi connectivity index (χ4v) is 7.01. The zero-order valence-electron chi connectivity index (χ0n) is 22.5. The lowest BCUT2D eigenvalue weighted by molar-refractivity contribution is -0.133. The van der Waals surface area contributed by atoms with Crippen LogP contribution in [0.15, 0.2) is 30.6 Å². The van der Waals surface area contributed by atoms with E-state index in [9.17, 15) is 17.8 Å². The number of benzene rings is 1. The molecule has 1 saturated heterocycles. The first kappa shape index (κ1) is 28.3. The van der Waals surface area contributed by atoms with Crippen LogP contribution in [-0.4, -0.2) is 89.7 Å². The van der Waals surface area contributed by atoms with Crippen LogP contribution in [0.25, 0.3) is 0 Å². The number of amides is 1. The summed E-state index contributed by atoms with van der Waals surface area (Å²) in [6.45, 7) is 5.40. The largest absolute Gasteiger partial charge is 0.353 e. The SMILES string of the molecule is CC1CCc2ncnc(N3CCN(C(=O)C(CN(CCS(=O)(=O)O)C4CCCC4)c4ccc(Cl)cc4)CC3)c21. The van der Waals surface area contributed by atoms with Gasteiger partial charge >= 0.3 is 0 Å². The lowest BCUT2D eigenvalue weighted by Gasteiger charge is -2.39. The Morgan fingerprint density at radius 1 is 1.10 bits per heavy atom. The van der Waals surface area contributed by atoms with Crippen molar-refractivity contribution in [2.45, 2.75) is 63.3 Å². The van der Waals surface area contributed by atoms with Crippen LogP contribution in [0.1, 0.15) is 67.7 Å². The van der Waals surface area contributed by atoms with Gasteiger partial charge in [-0.1, -0.05) is 43.5 Å². The van der Waals surface area contributed by atoms with Crippen LogP contribution in [0, 0.1) is 0 Å². The second kappa shape index (κ2) is 12.1. The van der Waals surface area contributed by atoms with E-state index >= 15 is 0 Å². The molecule has 5 rings (SSSR count). The normalized spacial score (nSPS) is 21.0. The molecule has 1 aromatic heterocycles. The summed E-state index contributed by atoms with van der Waals surface area (Å²) in [6.07, 6.45) is 7.84. The van der Waals surface area contributed by atoms with E-state index in [-0.39, 0.29) is 24.2 Å². The van der Waals surface area contributed by atoms with Gasteiger partial charge in [-0.05, 0) is 49.3 Å². The standard InChI is InChI=1S/C28H38ClN5O4S/c1-20-6-11-25-26(20)27(31-19-30-25)32-12-14-33(15-13-32)28(35)24(21-7-9-22(29)10-8-21)18-34(16-17-39(36,37)38)23-4-2-3-5-23/h7-10,19-20,23-24H,2-6,11-18H2,1H3,(H,36,37,38). The van der Waals surface area contributed by atoms with Crippen molar-refractivity contribution < 1.29 is 17.8 Å². The number of hydrogen-bond acceptors (Lipinski definition) is 7. The van der Waals surface area contributed by atoms with Crippen molar-refractivity contribution in [1.29, 1.82) is 0 Å². The Morgan fingerprint density at radius 3 is 2.46 bits per heavy atom. The van der Waals surface area contributed by atoms with Gasteiger partial charge in [0, 0.05) is 61.6 Å². The van der Waals surface area contributed by atoms with E-state index in [0.29, 0.717) is 43.7 Å². The van der Waals surface area contributed by atoms with Crippen molar-refractivity contribution in [1.82, 2.24) is 19.8 Å². The fourth-order valence-electron chi connectivity index (χ4n) is 6.41. The topological polar surface area (TPSA) is 107 Å². The number of piperazine rings is 1. The summed E-state index contributed by atoms with van der Waals surface area (Å²) in [5.41, 5.74) is 3.26. The Balaban J connectivity index is 1.33. The molecule has 1 N–H and O–H groups in total. The van der Waals surface area contributed by atoms with E-state index in [4.69, 9.17) is 11.6 Å². The molecular formula is C28H38ClN5O4S. The van der Waals surface area contributed by atoms with Crippen molar-refractivity contribution in [3.8, 4) is 0 Å². The number of aryl methyl sites for hydroxylation is 1. The Bertz CT molecular complexity index is 1260. The van der Waals surface area contributed by atoms with Gasteiger partial charge in [-0.15, -0.1) is 0 Å². The van der Waals surface area contributed by atoms with Gasteiger partial charge in [0.1, 0.15) is 12.1 Å². The molecule has 1 amide bonds. The second-order valence-electron chi connectivity index (χ2n) is 11.1. The van der Waals surface area contributed by atoms with Crippen LogP contribution in [-0.2, 0) is 21.3 Å². The summed E-state index contributed by atoms with van der Waals surface area (Å²) in [5, 5.41) is 0.601. The Labute approximate surface area is 236 Å². The average molecular weight is 576 g/mol. The molecule has 11 heteroatoms. The first-order chi connectivity index (χ1) is 18.7. The molecular weight excluding hydrogens is 538 g/mol. The number of halogens is 1. The number of fused-ring (bicyclic) bond motifs is 1. The molecule has 1 aromatic carbocycles. The molecule has 0 bridgehead atoms. The maximum absolute atomic E-state index is 14.1. The monoisotopic (exact) mass is 575 g/mol. The number of hydrogen-bond donors (Lipinski definition) is 1. The molecule has 39 heavy (non-hydrogen) atoms. The van der Waals surface area contributed by atoms with Crippen LogP contribution < -0.4 is 4.90 Å². The Hall–Kier alpha value is -2.27. The zero-order chi connectivity index (χ0) is 27.6. The molecule has 9 nitrogen and oxygen atoms in total. The zero-order valence-corrected chi connectivity index (χ0v) is 24.1. The fraction of sp³-hybridized carbons (Fsp3) is 0.607. The number of carbonyl (C=O) groups is 1. The summed E-state index contributed by atoms with van der Waals surface area (Å²) in [4.78, 5) is 29.5. The van der Waals surface area contributed by atoms with Crippen LogP contribution in [0.5, 0.6) is 0 Å². The molecule has 0 radical (unpaired) electrons. The van der Waals surface area contributed by atoms with E-state index in [2.05, 4.69) is 26.7 Å². The Kier molecular flexibility index (Phi) is 8.75. The summed E-state index contributed by atoms with van der Waals surface area (Å²) in [5.74, 6) is 0.677. The average Bonchev–Trinajstić information content (AvgIpc) is 3.59. The third-order valence-corrected chi connectivity index (χ3v) is 9.56. The highest BCUT2D eigenvalue weighted by atomic mass is 35.5. The molecule has 1 saturated carbocycles. The predicted octanol–water partition coefficient (Wildman–Crippen LogP) is 3.74. The molecule has 2 unspecified atom stereocenters. The van der Waals surface area contributed by atoms with Crippen LogP contribution in [0.3, 0.4) is 0 Å². The van der Waals surface area contributed by atoms with Gasteiger partial charge < -0.3 is 9.80 Å². The highest BCUT2D eigenvalue weighted by Gasteiger charge is 2.34. The van der Waals surface area contributed by atoms with Gasteiger partial charge in [0.15, 0.2) is 0 Å². The lowest BCUT2D eigenvalue weighted by atomic mass is 9.95. The Morgan fingerprint density at radius 2 is 1.79 bits per heavy atom. The highest BCUT2D eigenvalue weighted by Crippen LogP contribution is 2.37. The van der Waals surface area contributed by atoms with Crippen LogP contribution >= 0.6 is 11.6 Å². The van der Waals surface area contributed by atoms with E-state index in [1.54, 1.807) is 18.5 Å². The smallest absolute Gasteiger partial charge is 0.266 e. The van der Waals surface area contributed by atoms with Gasteiger partial charge in [0.25, 0.3) is 10.1 Å². The number of nitrogens with zero attached hydrogens (tertiary/aromatic N) is 5. The summed E-state index contributed by atoms with van der Waals surface area (Å²) < 4.78 is 32.6. The van der Waals surface area contributed by atoms with E-state index in [0.717, 1.165) is 55.6 Å². The minimum Gasteiger partial charge on any atom is -0.353 e. The van der Waals surface area contributed by atoms with Crippen molar-refractivity contribution >= 4 is 33.4 Å². The van der Waals surface area contributed by atoms with Crippen molar-refractivity contribution in [3.63, 3.8) is 0 Å². The van der Waals surface area contributed by atoms with Crippen LogP contribution in [0.2, 0.25) is 5.02 Å². The van der Waals surface area contributed by atoms with Gasteiger partial charge in [0.05, 0.1) is 11.7 Å². The van der Waals surface area contributed by atoms with E-state index in [1.807, 2.05) is 17.0 Å². The summed E-state index contributed by atoms with van der Waals surface area (Å²) in [7, 11) is -4.11.